The van der Waals surface area contributed by atoms with Crippen LogP contribution in [0, 0.1) is 0 Å². The van der Waals surface area contributed by atoms with Crippen molar-refractivity contribution in [3.63, 3.8) is 0 Å². The lowest BCUT2D eigenvalue weighted by Gasteiger charge is -2.03. The van der Waals surface area contributed by atoms with Crippen LogP contribution >= 0.6 is 23.4 Å². The van der Waals surface area contributed by atoms with E-state index in [4.69, 9.17) is 16.1 Å². The van der Waals surface area contributed by atoms with Crippen molar-refractivity contribution in [3.8, 4) is 0 Å². The quantitative estimate of drug-likeness (QED) is 0.703. The molecule has 0 bridgehead atoms. The lowest BCUT2D eigenvalue weighted by Crippen LogP contribution is -2.15. The zero-order valence-electron chi connectivity index (χ0n) is 12.7. The minimum atomic E-state index is -0.145. The van der Waals surface area contributed by atoms with Crippen LogP contribution in [0.25, 0.3) is 5.65 Å². The van der Waals surface area contributed by atoms with E-state index in [1.807, 2.05) is 13.8 Å². The highest BCUT2D eigenvalue weighted by atomic mass is 35.5. The molecule has 0 atom stereocenters. The number of pyridine rings is 1. The fraction of sp³-hybridized carbons (Fsp3) is 0.333. The van der Waals surface area contributed by atoms with E-state index < -0.39 is 0 Å². The molecule has 3 rings (SSSR count). The van der Waals surface area contributed by atoms with Gasteiger partial charge >= 0.3 is 0 Å². The van der Waals surface area contributed by atoms with E-state index in [0.29, 0.717) is 39.6 Å². The predicted molar refractivity (Wildman–Crippen MR) is 89.9 cm³/mol. The van der Waals surface area contributed by atoms with Gasteiger partial charge in [0, 0.05) is 23.9 Å². The molecule has 6 nitrogen and oxygen atoms in total. The van der Waals surface area contributed by atoms with Crippen LogP contribution in [0.15, 0.2) is 33.7 Å². The molecular formula is C15H15ClN4O2S. The van der Waals surface area contributed by atoms with Crippen molar-refractivity contribution in [1.29, 1.82) is 0 Å². The SMILES string of the molecule is CC(C)c1noc(CSCc2cc(=O)n3cc(Cl)ccc3n2)n1. The molecule has 0 saturated heterocycles. The van der Waals surface area contributed by atoms with E-state index in [1.54, 1.807) is 30.1 Å². The van der Waals surface area contributed by atoms with Crippen molar-refractivity contribution in [2.45, 2.75) is 31.3 Å². The van der Waals surface area contributed by atoms with Crippen molar-refractivity contribution in [3.05, 3.63) is 57.2 Å². The molecule has 3 aromatic heterocycles. The normalized spacial score (nSPS) is 11.5. The second-order valence-electron chi connectivity index (χ2n) is 5.36. The van der Waals surface area contributed by atoms with Crippen LogP contribution in [-0.4, -0.2) is 19.5 Å². The standard InChI is InChI=1S/C15H15ClN4O2S/c1-9(2)15-18-13(22-19-15)8-23-7-11-5-14(21)20-6-10(16)3-4-12(20)17-11/h3-6,9H,7-8H2,1-2H3. The van der Waals surface area contributed by atoms with Crippen LogP contribution in [0.1, 0.15) is 37.2 Å². The molecule has 0 aliphatic rings. The average molecular weight is 351 g/mol. The van der Waals surface area contributed by atoms with Gasteiger partial charge in [0.15, 0.2) is 5.82 Å². The molecular weight excluding hydrogens is 336 g/mol. The van der Waals surface area contributed by atoms with E-state index in [0.717, 1.165) is 0 Å². The molecule has 0 amide bonds. The smallest absolute Gasteiger partial charge is 0.258 e. The first-order valence-corrected chi connectivity index (χ1v) is 8.64. The van der Waals surface area contributed by atoms with Gasteiger partial charge in [0.05, 0.1) is 16.5 Å². The fourth-order valence-corrected chi connectivity index (χ4v) is 2.92. The number of thioether (sulfide) groups is 1. The van der Waals surface area contributed by atoms with E-state index in [-0.39, 0.29) is 11.5 Å². The second kappa shape index (κ2) is 6.72. The summed E-state index contributed by atoms with van der Waals surface area (Å²) < 4.78 is 6.62. The predicted octanol–water partition coefficient (Wildman–Crippen LogP) is 3.29. The Morgan fingerprint density at radius 2 is 2.13 bits per heavy atom. The minimum Gasteiger partial charge on any atom is -0.338 e. The zero-order valence-corrected chi connectivity index (χ0v) is 14.3. The van der Waals surface area contributed by atoms with Gasteiger partial charge in [0.25, 0.3) is 5.56 Å². The Balaban J connectivity index is 1.69. The third-order valence-corrected chi connectivity index (χ3v) is 4.33. The average Bonchev–Trinajstić information content (AvgIpc) is 2.97. The molecule has 0 N–H and O–H groups in total. The number of fused-ring (bicyclic) bond motifs is 1. The summed E-state index contributed by atoms with van der Waals surface area (Å²) in [5, 5.41) is 4.42. The number of hydrogen-bond acceptors (Lipinski definition) is 6. The molecule has 0 saturated carbocycles. The third kappa shape index (κ3) is 3.73. The first-order valence-electron chi connectivity index (χ1n) is 7.11. The van der Waals surface area contributed by atoms with Gasteiger partial charge in [-0.05, 0) is 12.1 Å². The summed E-state index contributed by atoms with van der Waals surface area (Å²) in [6.07, 6.45) is 1.56. The fourth-order valence-electron chi connectivity index (χ4n) is 2.00. The van der Waals surface area contributed by atoms with Crippen LogP contribution in [0.2, 0.25) is 5.02 Å². The first-order chi connectivity index (χ1) is 11.0. The van der Waals surface area contributed by atoms with Gasteiger partial charge in [-0.3, -0.25) is 9.20 Å². The zero-order chi connectivity index (χ0) is 16.4. The molecule has 0 radical (unpaired) electrons. The second-order valence-corrected chi connectivity index (χ2v) is 6.78. The summed E-state index contributed by atoms with van der Waals surface area (Å²) in [5.74, 6) is 2.71. The van der Waals surface area contributed by atoms with Crippen molar-refractivity contribution in [2.24, 2.45) is 0 Å². The number of nitrogens with zero attached hydrogens (tertiary/aromatic N) is 4. The van der Waals surface area contributed by atoms with Gasteiger partial charge in [-0.15, -0.1) is 11.8 Å². The van der Waals surface area contributed by atoms with Crippen LogP contribution < -0.4 is 5.56 Å². The Bertz CT molecular complexity index is 891. The number of aromatic nitrogens is 4. The van der Waals surface area contributed by atoms with Gasteiger partial charge in [-0.25, -0.2) is 4.98 Å². The molecule has 0 aliphatic heterocycles. The van der Waals surface area contributed by atoms with Crippen molar-refractivity contribution in [2.75, 3.05) is 0 Å². The third-order valence-electron chi connectivity index (χ3n) is 3.15. The van der Waals surface area contributed by atoms with E-state index >= 15 is 0 Å². The Kier molecular flexibility index (Phi) is 4.68. The van der Waals surface area contributed by atoms with E-state index in [1.165, 1.54) is 10.5 Å². The van der Waals surface area contributed by atoms with Gasteiger partial charge in [-0.1, -0.05) is 30.6 Å². The summed E-state index contributed by atoms with van der Waals surface area (Å²) in [4.78, 5) is 20.9. The molecule has 23 heavy (non-hydrogen) atoms. The van der Waals surface area contributed by atoms with Gasteiger partial charge in [-0.2, -0.15) is 4.98 Å². The molecule has 0 unspecified atom stereocenters. The largest absolute Gasteiger partial charge is 0.338 e. The monoisotopic (exact) mass is 350 g/mol. The van der Waals surface area contributed by atoms with Gasteiger partial charge < -0.3 is 4.52 Å². The summed E-state index contributed by atoms with van der Waals surface area (Å²) in [7, 11) is 0. The summed E-state index contributed by atoms with van der Waals surface area (Å²) in [5.41, 5.74) is 1.15. The van der Waals surface area contributed by atoms with Gasteiger partial charge in [0.2, 0.25) is 5.89 Å². The van der Waals surface area contributed by atoms with Crippen molar-refractivity contribution >= 4 is 29.0 Å². The minimum absolute atomic E-state index is 0.145. The molecule has 0 fully saturated rings. The molecule has 0 spiro atoms. The van der Waals surface area contributed by atoms with Crippen LogP contribution in [0.3, 0.4) is 0 Å². The highest BCUT2D eigenvalue weighted by Gasteiger charge is 2.10. The Hall–Kier alpha value is -1.86. The Labute approximate surface area is 141 Å². The topological polar surface area (TPSA) is 73.3 Å². The maximum absolute atomic E-state index is 12.1. The lowest BCUT2D eigenvalue weighted by molar-refractivity contribution is 0.383. The molecule has 3 aromatic rings. The molecule has 8 heteroatoms. The Morgan fingerprint density at radius 3 is 2.87 bits per heavy atom. The van der Waals surface area contributed by atoms with E-state index in [9.17, 15) is 4.79 Å². The highest BCUT2D eigenvalue weighted by Crippen LogP contribution is 2.18. The molecule has 3 heterocycles. The van der Waals surface area contributed by atoms with Crippen molar-refractivity contribution < 1.29 is 4.52 Å². The molecule has 120 valence electrons. The van der Waals surface area contributed by atoms with Gasteiger partial charge in [0.1, 0.15) is 5.65 Å². The summed E-state index contributed by atoms with van der Waals surface area (Å²) in [6, 6.07) is 4.96. The molecule has 0 aliphatic carbocycles. The number of hydrogen-bond donors (Lipinski definition) is 0. The highest BCUT2D eigenvalue weighted by molar-refractivity contribution is 7.97. The summed E-state index contributed by atoms with van der Waals surface area (Å²) in [6.45, 7) is 4.03. The lowest BCUT2D eigenvalue weighted by atomic mass is 10.2. The maximum atomic E-state index is 12.1. The first kappa shape index (κ1) is 16.0. The van der Waals surface area contributed by atoms with E-state index in [2.05, 4.69) is 15.1 Å². The van der Waals surface area contributed by atoms with Crippen LogP contribution in [-0.2, 0) is 11.5 Å². The van der Waals surface area contributed by atoms with Crippen molar-refractivity contribution in [1.82, 2.24) is 19.5 Å². The van der Waals surface area contributed by atoms with Crippen LogP contribution in [0.4, 0.5) is 0 Å². The maximum Gasteiger partial charge on any atom is 0.258 e. The number of rotatable bonds is 5. The summed E-state index contributed by atoms with van der Waals surface area (Å²) >= 11 is 7.46. The molecule has 0 aromatic carbocycles. The number of halogens is 1. The Morgan fingerprint density at radius 1 is 1.30 bits per heavy atom. The van der Waals surface area contributed by atoms with Crippen LogP contribution in [0.5, 0.6) is 0 Å².